The molecule has 2 aromatic rings. The summed E-state index contributed by atoms with van der Waals surface area (Å²) >= 11 is 0. The molecular weight excluding hydrogens is 322 g/mol. The topological polar surface area (TPSA) is 125 Å². The molecule has 0 atom stereocenters. The molecule has 0 saturated carbocycles. The van der Waals surface area contributed by atoms with Gasteiger partial charge in [0.15, 0.2) is 0 Å². The molecule has 1 heterocycles. The lowest BCUT2D eigenvalue weighted by Gasteiger charge is -2.11. The summed E-state index contributed by atoms with van der Waals surface area (Å²) in [6.07, 6.45) is 2.75. The summed E-state index contributed by atoms with van der Waals surface area (Å²) in [5.41, 5.74) is 2.40. The number of carboxylic acid groups (broad SMARTS) is 1. The van der Waals surface area contributed by atoms with E-state index in [4.69, 9.17) is 5.11 Å². The van der Waals surface area contributed by atoms with Crippen LogP contribution in [0.1, 0.15) is 26.3 Å². The summed E-state index contributed by atoms with van der Waals surface area (Å²) in [5, 5.41) is 8.94. The summed E-state index contributed by atoms with van der Waals surface area (Å²) in [6.45, 7) is 1.52. The average molecular weight is 335 g/mol. The Morgan fingerprint density at radius 2 is 1.91 bits per heavy atom. The van der Waals surface area contributed by atoms with Gasteiger partial charge in [-0.1, -0.05) is 6.07 Å². The van der Waals surface area contributed by atoms with Gasteiger partial charge in [0.1, 0.15) is 0 Å². The van der Waals surface area contributed by atoms with Crippen LogP contribution in [0, 0.1) is 6.92 Å². The van der Waals surface area contributed by atoms with Crippen molar-refractivity contribution in [1.29, 1.82) is 0 Å². The zero-order chi connectivity index (χ0) is 17.0. The fraction of sp³-hybridized carbons (Fsp3) is 0.0714. The number of nitrogens with zero attached hydrogens (tertiary/aromatic N) is 1. The Balaban J connectivity index is 2.21. The number of pyridine rings is 1. The molecule has 2 rings (SSSR count). The van der Waals surface area contributed by atoms with Gasteiger partial charge < -0.3 is 5.11 Å². The van der Waals surface area contributed by atoms with E-state index in [1.165, 1.54) is 43.6 Å². The Labute approximate surface area is 132 Å². The Morgan fingerprint density at radius 1 is 1.17 bits per heavy atom. The maximum atomic E-state index is 12.2. The van der Waals surface area contributed by atoms with Gasteiger partial charge in [-0.2, -0.15) is 0 Å². The van der Waals surface area contributed by atoms with Crippen LogP contribution in [0.25, 0.3) is 0 Å². The second kappa shape index (κ2) is 6.55. The summed E-state index contributed by atoms with van der Waals surface area (Å²) in [4.78, 5) is 28.2. The SMILES string of the molecule is Cc1ccc(C(=O)O)cc1S(=O)(=O)NNC(=O)c1cccnc1. The van der Waals surface area contributed by atoms with Crippen LogP contribution in [0.2, 0.25) is 0 Å². The largest absolute Gasteiger partial charge is 0.478 e. The predicted octanol–water partition coefficient (Wildman–Crippen LogP) is 0.712. The van der Waals surface area contributed by atoms with E-state index >= 15 is 0 Å². The maximum Gasteiger partial charge on any atom is 0.335 e. The predicted molar refractivity (Wildman–Crippen MR) is 80.2 cm³/mol. The molecule has 0 aliphatic rings. The number of hydrogen-bond acceptors (Lipinski definition) is 5. The highest BCUT2D eigenvalue weighted by molar-refractivity contribution is 7.89. The fourth-order valence-corrected chi connectivity index (χ4v) is 2.87. The number of aromatic nitrogens is 1. The number of carbonyl (C=O) groups is 2. The zero-order valence-corrected chi connectivity index (χ0v) is 12.8. The molecule has 1 amide bonds. The molecular formula is C14H13N3O5S. The Kier molecular flexibility index (Phi) is 4.72. The highest BCUT2D eigenvalue weighted by Gasteiger charge is 2.20. The summed E-state index contributed by atoms with van der Waals surface area (Å²) in [5.74, 6) is -1.94. The summed E-state index contributed by atoms with van der Waals surface area (Å²) < 4.78 is 24.5. The number of hydrazine groups is 1. The molecule has 0 aliphatic carbocycles. The first-order valence-electron chi connectivity index (χ1n) is 6.37. The lowest BCUT2D eigenvalue weighted by molar-refractivity contribution is 0.0696. The molecule has 3 N–H and O–H groups in total. The van der Waals surface area contributed by atoms with Crippen molar-refractivity contribution in [3.05, 3.63) is 59.4 Å². The van der Waals surface area contributed by atoms with Crippen LogP contribution in [0.5, 0.6) is 0 Å². The number of benzene rings is 1. The number of rotatable bonds is 5. The number of aromatic carboxylic acids is 1. The van der Waals surface area contributed by atoms with Gasteiger partial charge in [-0.15, -0.1) is 4.83 Å². The molecule has 0 spiro atoms. The number of nitrogens with one attached hydrogen (secondary N) is 2. The van der Waals surface area contributed by atoms with E-state index < -0.39 is 21.9 Å². The van der Waals surface area contributed by atoms with Gasteiger partial charge in [-0.05, 0) is 36.8 Å². The molecule has 0 bridgehead atoms. The number of aryl methyl sites for hydroxylation is 1. The highest BCUT2D eigenvalue weighted by atomic mass is 32.2. The molecule has 8 nitrogen and oxygen atoms in total. The standard InChI is InChI=1S/C14H13N3O5S/c1-9-4-5-10(14(19)20)7-12(9)23(21,22)17-16-13(18)11-3-2-6-15-8-11/h2-8,17H,1H3,(H,16,18)(H,19,20). The van der Waals surface area contributed by atoms with E-state index in [0.29, 0.717) is 5.56 Å². The molecule has 0 unspecified atom stereocenters. The van der Waals surface area contributed by atoms with Gasteiger partial charge in [0.2, 0.25) is 0 Å². The zero-order valence-electron chi connectivity index (χ0n) is 12.0. The van der Waals surface area contributed by atoms with E-state index in [0.717, 1.165) is 6.07 Å². The summed E-state index contributed by atoms with van der Waals surface area (Å²) in [6, 6.07) is 6.69. The van der Waals surface area contributed by atoms with Crippen LogP contribution < -0.4 is 10.3 Å². The molecule has 9 heteroatoms. The van der Waals surface area contributed by atoms with Crippen LogP contribution in [0.15, 0.2) is 47.6 Å². The third-order valence-corrected chi connectivity index (χ3v) is 4.34. The van der Waals surface area contributed by atoms with E-state index in [1.54, 1.807) is 0 Å². The third-order valence-electron chi connectivity index (χ3n) is 2.95. The smallest absolute Gasteiger partial charge is 0.335 e. The van der Waals surface area contributed by atoms with Crippen molar-refractivity contribution in [2.45, 2.75) is 11.8 Å². The van der Waals surface area contributed by atoms with Crippen molar-refractivity contribution in [3.63, 3.8) is 0 Å². The minimum atomic E-state index is -4.12. The minimum Gasteiger partial charge on any atom is -0.478 e. The second-order valence-corrected chi connectivity index (χ2v) is 6.24. The van der Waals surface area contributed by atoms with Crippen molar-refractivity contribution in [2.24, 2.45) is 0 Å². The second-order valence-electron chi connectivity index (χ2n) is 4.59. The molecule has 1 aromatic carbocycles. The van der Waals surface area contributed by atoms with Crippen LogP contribution in [-0.4, -0.2) is 30.4 Å². The summed E-state index contributed by atoms with van der Waals surface area (Å²) in [7, 11) is -4.12. The quantitative estimate of drug-likeness (QED) is 0.691. The molecule has 120 valence electrons. The molecule has 0 aliphatic heterocycles. The van der Waals surface area contributed by atoms with Crippen LogP contribution in [0.3, 0.4) is 0 Å². The van der Waals surface area contributed by atoms with Gasteiger partial charge in [-0.3, -0.25) is 15.2 Å². The molecule has 0 radical (unpaired) electrons. The fourth-order valence-electron chi connectivity index (χ4n) is 1.76. The average Bonchev–Trinajstić information content (AvgIpc) is 2.53. The first-order valence-corrected chi connectivity index (χ1v) is 7.86. The van der Waals surface area contributed by atoms with Gasteiger partial charge in [0.05, 0.1) is 16.0 Å². The van der Waals surface area contributed by atoms with Crippen molar-refractivity contribution < 1.29 is 23.1 Å². The molecule has 23 heavy (non-hydrogen) atoms. The van der Waals surface area contributed by atoms with E-state index in [2.05, 4.69) is 4.98 Å². The first-order chi connectivity index (χ1) is 10.8. The molecule has 0 saturated heterocycles. The van der Waals surface area contributed by atoms with Crippen LogP contribution >= 0.6 is 0 Å². The van der Waals surface area contributed by atoms with Gasteiger partial charge in [-0.25, -0.2) is 13.2 Å². The highest BCUT2D eigenvalue weighted by Crippen LogP contribution is 2.16. The van der Waals surface area contributed by atoms with Crippen molar-refractivity contribution >= 4 is 21.9 Å². The Hall–Kier alpha value is -2.78. The number of sulfonamides is 1. The van der Waals surface area contributed by atoms with Gasteiger partial charge in [0.25, 0.3) is 15.9 Å². The van der Waals surface area contributed by atoms with E-state index in [-0.39, 0.29) is 16.0 Å². The first kappa shape index (κ1) is 16.6. The van der Waals surface area contributed by atoms with E-state index in [1.807, 2.05) is 10.3 Å². The monoisotopic (exact) mass is 335 g/mol. The minimum absolute atomic E-state index is 0.172. The lowest BCUT2D eigenvalue weighted by Crippen LogP contribution is -2.41. The third kappa shape index (κ3) is 3.90. The van der Waals surface area contributed by atoms with Crippen molar-refractivity contribution in [2.75, 3.05) is 0 Å². The number of carboxylic acids is 1. The maximum absolute atomic E-state index is 12.2. The molecule has 0 fully saturated rings. The Bertz CT molecular complexity index is 850. The van der Waals surface area contributed by atoms with Gasteiger partial charge >= 0.3 is 5.97 Å². The lowest BCUT2D eigenvalue weighted by atomic mass is 10.1. The van der Waals surface area contributed by atoms with Crippen LogP contribution in [-0.2, 0) is 10.0 Å². The van der Waals surface area contributed by atoms with Crippen molar-refractivity contribution in [3.8, 4) is 0 Å². The number of amides is 1. The Morgan fingerprint density at radius 3 is 2.52 bits per heavy atom. The van der Waals surface area contributed by atoms with Crippen molar-refractivity contribution in [1.82, 2.24) is 15.2 Å². The molecule has 1 aromatic heterocycles. The van der Waals surface area contributed by atoms with Gasteiger partial charge in [0, 0.05) is 12.4 Å². The van der Waals surface area contributed by atoms with Crippen LogP contribution in [0.4, 0.5) is 0 Å². The number of hydrogen-bond donors (Lipinski definition) is 3. The van der Waals surface area contributed by atoms with E-state index in [9.17, 15) is 18.0 Å². The number of carbonyl (C=O) groups excluding carboxylic acids is 1. The normalized spacial score (nSPS) is 11.0.